The third kappa shape index (κ3) is 2.78. The van der Waals surface area contributed by atoms with Gasteiger partial charge in [0.25, 0.3) is 0 Å². The van der Waals surface area contributed by atoms with Gasteiger partial charge in [-0.2, -0.15) is 0 Å². The molecule has 1 aromatic rings. The Bertz CT molecular complexity index is 436. The zero-order valence-corrected chi connectivity index (χ0v) is 10.8. The largest absolute Gasteiger partial charge is 0.454 e. The first-order valence-electron chi connectivity index (χ1n) is 6.36. The summed E-state index contributed by atoms with van der Waals surface area (Å²) in [4.78, 5) is 23.7. The van der Waals surface area contributed by atoms with Gasteiger partial charge in [-0.3, -0.25) is 9.59 Å². The number of hydrogen-bond donors (Lipinski definition) is 0. The summed E-state index contributed by atoms with van der Waals surface area (Å²) in [5, 5.41) is 0. The van der Waals surface area contributed by atoms with Crippen LogP contribution in [0, 0.1) is 11.8 Å². The van der Waals surface area contributed by atoms with Crippen LogP contribution >= 0.6 is 0 Å². The summed E-state index contributed by atoms with van der Waals surface area (Å²) < 4.78 is 5.20. The van der Waals surface area contributed by atoms with Gasteiger partial charge < -0.3 is 4.74 Å². The molecule has 1 aliphatic rings. The Hall–Kier alpha value is -1.64. The summed E-state index contributed by atoms with van der Waals surface area (Å²) >= 11 is 0. The van der Waals surface area contributed by atoms with E-state index in [1.165, 1.54) is 0 Å². The highest BCUT2D eigenvalue weighted by Gasteiger charge is 2.39. The molecule has 0 aromatic heterocycles. The Morgan fingerprint density at radius 2 is 2.00 bits per heavy atom. The highest BCUT2D eigenvalue weighted by molar-refractivity contribution is 6.01. The highest BCUT2D eigenvalue weighted by atomic mass is 16.6. The van der Waals surface area contributed by atoms with Crippen molar-refractivity contribution in [3.05, 3.63) is 35.9 Å². The number of carbonyl (C=O) groups excluding carboxylic acids is 2. The Morgan fingerprint density at radius 1 is 1.33 bits per heavy atom. The van der Waals surface area contributed by atoms with E-state index in [2.05, 4.69) is 13.8 Å². The molecule has 96 valence electrons. The van der Waals surface area contributed by atoms with Crippen molar-refractivity contribution < 1.29 is 14.3 Å². The fraction of sp³-hybridized carbons (Fsp3) is 0.467. The number of hydrogen-bond acceptors (Lipinski definition) is 3. The van der Waals surface area contributed by atoms with Crippen molar-refractivity contribution >= 4 is 11.8 Å². The average molecular weight is 246 g/mol. The number of cyclic esters (lactones) is 1. The van der Waals surface area contributed by atoms with Crippen molar-refractivity contribution in [1.82, 2.24) is 0 Å². The van der Waals surface area contributed by atoms with Gasteiger partial charge in [-0.25, -0.2) is 0 Å². The molecular formula is C15H18O3. The Labute approximate surface area is 107 Å². The molecule has 0 amide bonds. The van der Waals surface area contributed by atoms with Crippen molar-refractivity contribution in [2.45, 2.75) is 32.8 Å². The highest BCUT2D eigenvalue weighted by Crippen LogP contribution is 2.30. The molecule has 0 aliphatic carbocycles. The molecule has 1 aromatic carbocycles. The van der Waals surface area contributed by atoms with Crippen molar-refractivity contribution in [1.29, 1.82) is 0 Å². The van der Waals surface area contributed by atoms with E-state index >= 15 is 0 Å². The maximum absolute atomic E-state index is 12.3. The fourth-order valence-electron chi connectivity index (χ4n) is 2.45. The van der Waals surface area contributed by atoms with Crippen LogP contribution in [0.4, 0.5) is 0 Å². The number of ether oxygens (including phenoxy) is 1. The second-order valence-corrected chi connectivity index (χ2v) is 5.23. The molecule has 1 fully saturated rings. The first kappa shape index (κ1) is 12.8. The molecule has 1 heterocycles. The minimum Gasteiger partial charge on any atom is -0.454 e. The minimum atomic E-state index is -0.595. The number of rotatable bonds is 4. The minimum absolute atomic E-state index is 0.0187. The molecule has 1 saturated heterocycles. The number of ketones is 1. The summed E-state index contributed by atoms with van der Waals surface area (Å²) in [6.07, 6.45) is 0.610. The van der Waals surface area contributed by atoms with E-state index < -0.39 is 6.10 Å². The number of esters is 1. The van der Waals surface area contributed by atoms with Gasteiger partial charge in [-0.15, -0.1) is 0 Å². The van der Waals surface area contributed by atoms with Crippen LogP contribution in [-0.4, -0.2) is 17.9 Å². The van der Waals surface area contributed by atoms with Crippen molar-refractivity contribution in [2.24, 2.45) is 11.8 Å². The summed E-state index contributed by atoms with van der Waals surface area (Å²) in [7, 11) is 0. The third-order valence-electron chi connectivity index (χ3n) is 3.21. The summed E-state index contributed by atoms with van der Waals surface area (Å²) in [6.45, 7) is 4.18. The fourth-order valence-corrected chi connectivity index (χ4v) is 2.45. The monoisotopic (exact) mass is 246 g/mol. The quantitative estimate of drug-likeness (QED) is 0.606. The average Bonchev–Trinajstić information content (AvgIpc) is 2.69. The van der Waals surface area contributed by atoms with E-state index in [0.29, 0.717) is 17.9 Å². The number of benzene rings is 1. The molecular weight excluding hydrogens is 228 g/mol. The smallest absolute Gasteiger partial charge is 0.306 e. The lowest BCUT2D eigenvalue weighted by Gasteiger charge is -2.17. The zero-order valence-electron chi connectivity index (χ0n) is 10.8. The van der Waals surface area contributed by atoms with Crippen LogP contribution < -0.4 is 0 Å². The molecule has 3 nitrogen and oxygen atoms in total. The van der Waals surface area contributed by atoms with E-state index in [-0.39, 0.29) is 17.7 Å². The Kier molecular flexibility index (Phi) is 3.80. The van der Waals surface area contributed by atoms with Crippen LogP contribution in [0.25, 0.3) is 0 Å². The molecule has 0 unspecified atom stereocenters. The normalized spacial score (nSPS) is 23.2. The molecule has 2 atom stereocenters. The van der Waals surface area contributed by atoms with Gasteiger partial charge in [-0.05, 0) is 12.3 Å². The third-order valence-corrected chi connectivity index (χ3v) is 3.21. The molecule has 0 N–H and O–H groups in total. The molecule has 0 spiro atoms. The molecule has 18 heavy (non-hydrogen) atoms. The standard InChI is InChI=1S/C15H18O3/c1-10(2)8-12-9-13(16)18-15(12)14(17)11-6-4-3-5-7-11/h3-7,10,12,15H,8-9H2,1-2H3/t12-,15-/m0/s1. The van der Waals surface area contributed by atoms with Crippen molar-refractivity contribution in [3.63, 3.8) is 0 Å². The molecule has 0 saturated carbocycles. The van der Waals surface area contributed by atoms with Crippen LogP contribution in [-0.2, 0) is 9.53 Å². The van der Waals surface area contributed by atoms with Crippen LogP contribution in [0.1, 0.15) is 37.0 Å². The van der Waals surface area contributed by atoms with Gasteiger partial charge in [0.15, 0.2) is 6.10 Å². The lowest BCUT2D eigenvalue weighted by atomic mass is 9.87. The van der Waals surface area contributed by atoms with Crippen LogP contribution in [0.5, 0.6) is 0 Å². The molecule has 0 bridgehead atoms. The second-order valence-electron chi connectivity index (χ2n) is 5.23. The first-order valence-corrected chi connectivity index (χ1v) is 6.36. The van der Waals surface area contributed by atoms with E-state index in [4.69, 9.17) is 4.74 Å². The SMILES string of the molecule is CC(C)C[C@H]1CC(=O)O[C@@H]1C(=O)c1ccccc1. The van der Waals surface area contributed by atoms with Crippen LogP contribution in [0.2, 0.25) is 0 Å². The van der Waals surface area contributed by atoms with E-state index in [9.17, 15) is 9.59 Å². The van der Waals surface area contributed by atoms with E-state index in [1.54, 1.807) is 12.1 Å². The second kappa shape index (κ2) is 5.34. The maximum Gasteiger partial charge on any atom is 0.306 e. The van der Waals surface area contributed by atoms with Crippen LogP contribution in [0.3, 0.4) is 0 Å². The van der Waals surface area contributed by atoms with Gasteiger partial charge in [0, 0.05) is 11.5 Å². The van der Waals surface area contributed by atoms with Gasteiger partial charge in [0.2, 0.25) is 5.78 Å². The van der Waals surface area contributed by atoms with Gasteiger partial charge >= 0.3 is 5.97 Å². The predicted molar refractivity (Wildman–Crippen MR) is 68.2 cm³/mol. The van der Waals surface area contributed by atoms with Gasteiger partial charge in [0.05, 0.1) is 6.42 Å². The first-order chi connectivity index (χ1) is 8.58. The molecule has 3 heteroatoms. The lowest BCUT2D eigenvalue weighted by molar-refractivity contribution is -0.140. The van der Waals surface area contributed by atoms with Gasteiger partial charge in [-0.1, -0.05) is 44.2 Å². The van der Waals surface area contributed by atoms with Gasteiger partial charge in [0.1, 0.15) is 0 Å². The molecule has 1 aliphatic heterocycles. The Morgan fingerprint density at radius 3 is 2.61 bits per heavy atom. The topological polar surface area (TPSA) is 43.4 Å². The zero-order chi connectivity index (χ0) is 13.1. The maximum atomic E-state index is 12.3. The predicted octanol–water partition coefficient (Wildman–Crippen LogP) is 2.85. The number of Topliss-reactive ketones (excluding diaryl/α,β-unsaturated/α-hetero) is 1. The van der Waals surface area contributed by atoms with Crippen molar-refractivity contribution in [3.8, 4) is 0 Å². The summed E-state index contributed by atoms with van der Waals surface area (Å²) in [5.41, 5.74) is 0.617. The molecule has 2 rings (SSSR count). The van der Waals surface area contributed by atoms with Crippen LogP contribution in [0.15, 0.2) is 30.3 Å². The van der Waals surface area contributed by atoms with E-state index in [1.807, 2.05) is 18.2 Å². The Balaban J connectivity index is 2.15. The van der Waals surface area contributed by atoms with E-state index in [0.717, 1.165) is 6.42 Å². The molecule has 0 radical (unpaired) electrons. The number of carbonyl (C=O) groups is 2. The van der Waals surface area contributed by atoms with Crippen molar-refractivity contribution in [2.75, 3.05) is 0 Å². The summed E-state index contributed by atoms with van der Waals surface area (Å²) in [5.74, 6) is 0.141. The lowest BCUT2D eigenvalue weighted by Crippen LogP contribution is -2.27. The summed E-state index contributed by atoms with van der Waals surface area (Å²) in [6, 6.07) is 9.04.